The summed E-state index contributed by atoms with van der Waals surface area (Å²) in [5, 5.41) is 8.88. The molecule has 1 aliphatic rings. The minimum atomic E-state index is -3.78. The molecule has 2 rings (SSSR count). The Bertz CT molecular complexity index is 516. The lowest BCUT2D eigenvalue weighted by molar-refractivity contribution is -0.152. The molecule has 1 aromatic rings. The molecule has 0 aromatic heterocycles. The van der Waals surface area contributed by atoms with Gasteiger partial charge in [-0.15, -0.1) is 0 Å². The van der Waals surface area contributed by atoms with Crippen molar-refractivity contribution in [1.82, 2.24) is 0 Å². The summed E-state index contributed by atoms with van der Waals surface area (Å²) in [7, 11) is -3.78. The van der Waals surface area contributed by atoms with E-state index in [0.29, 0.717) is 0 Å². The Kier molecular flexibility index (Phi) is 5.11. The zero-order chi connectivity index (χ0) is 14.6. The van der Waals surface area contributed by atoms with Crippen LogP contribution in [-0.4, -0.2) is 52.2 Å². The van der Waals surface area contributed by atoms with Gasteiger partial charge < -0.3 is 14.6 Å². The number of aryl methyl sites for hydroxylation is 1. The SMILES string of the molecule is Cc1ccc(S(=O)(=O)OC[C@H]2COC(CO)CO2)cc1. The molecular weight excluding hydrogens is 284 g/mol. The van der Waals surface area contributed by atoms with Gasteiger partial charge in [-0.1, -0.05) is 17.7 Å². The van der Waals surface area contributed by atoms with Gasteiger partial charge in [0.05, 0.1) is 31.3 Å². The molecule has 1 aliphatic heterocycles. The van der Waals surface area contributed by atoms with Crippen LogP contribution in [0.5, 0.6) is 0 Å². The van der Waals surface area contributed by atoms with Crippen LogP contribution in [0.4, 0.5) is 0 Å². The summed E-state index contributed by atoms with van der Waals surface area (Å²) >= 11 is 0. The summed E-state index contributed by atoms with van der Waals surface area (Å²) in [5.41, 5.74) is 0.975. The van der Waals surface area contributed by atoms with E-state index >= 15 is 0 Å². The van der Waals surface area contributed by atoms with Gasteiger partial charge >= 0.3 is 0 Å². The summed E-state index contributed by atoms with van der Waals surface area (Å²) in [6, 6.07) is 6.43. The van der Waals surface area contributed by atoms with E-state index in [-0.39, 0.29) is 37.4 Å². The third-order valence-corrected chi connectivity index (χ3v) is 4.25. The summed E-state index contributed by atoms with van der Waals surface area (Å²) in [6.07, 6.45) is -0.794. The third kappa shape index (κ3) is 4.00. The maximum Gasteiger partial charge on any atom is 0.297 e. The summed E-state index contributed by atoms with van der Waals surface area (Å²) in [5.74, 6) is 0. The zero-order valence-corrected chi connectivity index (χ0v) is 12.0. The van der Waals surface area contributed by atoms with E-state index in [4.69, 9.17) is 18.8 Å². The van der Waals surface area contributed by atoms with E-state index in [0.717, 1.165) is 5.56 Å². The molecule has 0 radical (unpaired) electrons. The molecule has 7 heteroatoms. The van der Waals surface area contributed by atoms with Crippen LogP contribution in [0, 0.1) is 6.92 Å². The van der Waals surface area contributed by atoms with Crippen molar-refractivity contribution in [3.63, 3.8) is 0 Å². The van der Waals surface area contributed by atoms with E-state index < -0.39 is 16.2 Å². The monoisotopic (exact) mass is 302 g/mol. The fourth-order valence-corrected chi connectivity index (χ4v) is 2.66. The molecule has 1 N–H and O–H groups in total. The average molecular weight is 302 g/mol. The number of hydrogen-bond donors (Lipinski definition) is 1. The molecule has 112 valence electrons. The smallest absolute Gasteiger partial charge is 0.297 e. The van der Waals surface area contributed by atoms with Gasteiger partial charge in [-0.05, 0) is 19.1 Å². The van der Waals surface area contributed by atoms with Crippen LogP contribution in [0.15, 0.2) is 29.2 Å². The predicted molar refractivity (Wildman–Crippen MR) is 70.9 cm³/mol. The molecule has 1 fully saturated rings. The Morgan fingerprint density at radius 2 is 1.80 bits per heavy atom. The van der Waals surface area contributed by atoms with Crippen LogP contribution in [-0.2, 0) is 23.8 Å². The van der Waals surface area contributed by atoms with Gasteiger partial charge in [0.2, 0.25) is 0 Å². The first-order chi connectivity index (χ1) is 9.51. The Balaban J connectivity index is 1.88. The number of benzene rings is 1. The van der Waals surface area contributed by atoms with E-state index in [9.17, 15) is 8.42 Å². The van der Waals surface area contributed by atoms with E-state index in [1.807, 2.05) is 6.92 Å². The fourth-order valence-electron chi connectivity index (χ4n) is 1.72. The van der Waals surface area contributed by atoms with Crippen molar-refractivity contribution in [2.45, 2.75) is 24.0 Å². The van der Waals surface area contributed by atoms with Crippen LogP contribution in [0.3, 0.4) is 0 Å². The van der Waals surface area contributed by atoms with Gasteiger partial charge in [-0.25, -0.2) is 0 Å². The minimum Gasteiger partial charge on any atom is -0.394 e. The lowest BCUT2D eigenvalue weighted by atomic mass is 10.2. The molecule has 1 saturated heterocycles. The molecule has 0 spiro atoms. The lowest BCUT2D eigenvalue weighted by Crippen LogP contribution is -2.40. The van der Waals surface area contributed by atoms with Gasteiger partial charge in [0.25, 0.3) is 10.1 Å². The first-order valence-corrected chi connectivity index (χ1v) is 7.72. The van der Waals surface area contributed by atoms with Crippen molar-refractivity contribution in [3.8, 4) is 0 Å². The number of aliphatic hydroxyl groups excluding tert-OH is 1. The second kappa shape index (κ2) is 6.64. The van der Waals surface area contributed by atoms with Gasteiger partial charge in [-0.2, -0.15) is 8.42 Å². The Morgan fingerprint density at radius 1 is 1.20 bits per heavy atom. The fraction of sp³-hybridized carbons (Fsp3) is 0.538. The molecule has 6 nitrogen and oxygen atoms in total. The van der Waals surface area contributed by atoms with Crippen molar-refractivity contribution in [3.05, 3.63) is 29.8 Å². The highest BCUT2D eigenvalue weighted by atomic mass is 32.2. The third-order valence-electron chi connectivity index (χ3n) is 2.96. The molecule has 0 bridgehead atoms. The molecule has 0 aliphatic carbocycles. The standard InChI is InChI=1S/C13H18O6S/c1-10-2-4-13(5-3-10)20(15,16)19-9-12-8-17-11(6-14)7-18-12/h2-5,11-12,14H,6-9H2,1H3/t11?,12-/m1/s1. The van der Waals surface area contributed by atoms with Crippen molar-refractivity contribution < 1.29 is 27.2 Å². The van der Waals surface area contributed by atoms with E-state index in [1.165, 1.54) is 12.1 Å². The second-order valence-electron chi connectivity index (χ2n) is 4.64. The first kappa shape index (κ1) is 15.4. The summed E-state index contributed by atoms with van der Waals surface area (Å²) in [6.45, 7) is 2.09. The largest absolute Gasteiger partial charge is 0.394 e. The molecule has 1 heterocycles. The molecule has 2 atom stereocenters. The van der Waals surface area contributed by atoms with Crippen LogP contribution in [0.2, 0.25) is 0 Å². The second-order valence-corrected chi connectivity index (χ2v) is 6.26. The first-order valence-electron chi connectivity index (χ1n) is 6.31. The van der Waals surface area contributed by atoms with Gasteiger partial charge in [0.1, 0.15) is 12.2 Å². The summed E-state index contributed by atoms with van der Waals surface area (Å²) in [4.78, 5) is 0.119. The Morgan fingerprint density at radius 3 is 2.35 bits per heavy atom. The average Bonchev–Trinajstić information content (AvgIpc) is 2.46. The maximum atomic E-state index is 11.9. The van der Waals surface area contributed by atoms with Crippen molar-refractivity contribution in [2.24, 2.45) is 0 Å². The molecule has 0 saturated carbocycles. The molecule has 1 unspecified atom stereocenters. The molecule has 1 aromatic carbocycles. The minimum absolute atomic E-state index is 0.103. The van der Waals surface area contributed by atoms with Gasteiger partial charge in [0.15, 0.2) is 0 Å². The van der Waals surface area contributed by atoms with Gasteiger partial charge in [-0.3, -0.25) is 4.18 Å². The molecule has 20 heavy (non-hydrogen) atoms. The van der Waals surface area contributed by atoms with E-state index in [2.05, 4.69) is 0 Å². The highest BCUT2D eigenvalue weighted by Crippen LogP contribution is 2.15. The Labute approximate surface area is 118 Å². The maximum absolute atomic E-state index is 11.9. The number of hydrogen-bond acceptors (Lipinski definition) is 6. The highest BCUT2D eigenvalue weighted by Gasteiger charge is 2.24. The van der Waals surface area contributed by atoms with Gasteiger partial charge in [0, 0.05) is 0 Å². The van der Waals surface area contributed by atoms with Crippen molar-refractivity contribution in [1.29, 1.82) is 0 Å². The normalized spacial score (nSPS) is 23.7. The lowest BCUT2D eigenvalue weighted by Gasteiger charge is -2.28. The van der Waals surface area contributed by atoms with Crippen molar-refractivity contribution >= 4 is 10.1 Å². The quantitative estimate of drug-likeness (QED) is 0.797. The highest BCUT2D eigenvalue weighted by molar-refractivity contribution is 7.86. The molecule has 0 amide bonds. The van der Waals surface area contributed by atoms with E-state index in [1.54, 1.807) is 12.1 Å². The predicted octanol–water partition coefficient (Wildman–Crippen LogP) is 0.477. The van der Waals surface area contributed by atoms with Crippen LogP contribution in [0.1, 0.15) is 5.56 Å². The van der Waals surface area contributed by atoms with Crippen LogP contribution >= 0.6 is 0 Å². The topological polar surface area (TPSA) is 82.1 Å². The van der Waals surface area contributed by atoms with Crippen LogP contribution < -0.4 is 0 Å². The van der Waals surface area contributed by atoms with Crippen molar-refractivity contribution in [2.75, 3.05) is 26.4 Å². The zero-order valence-electron chi connectivity index (χ0n) is 11.2. The number of aliphatic hydroxyl groups is 1. The number of ether oxygens (including phenoxy) is 2. The molecular formula is C13H18O6S. The van der Waals surface area contributed by atoms with Crippen LogP contribution in [0.25, 0.3) is 0 Å². The number of rotatable bonds is 5. The summed E-state index contributed by atoms with van der Waals surface area (Å²) < 4.78 is 39.5. The Hall–Kier alpha value is -0.990.